The van der Waals surface area contributed by atoms with Gasteiger partial charge >= 0.3 is 0 Å². The van der Waals surface area contributed by atoms with E-state index in [1.54, 1.807) is 7.11 Å². The first kappa shape index (κ1) is 16.1. The van der Waals surface area contributed by atoms with Gasteiger partial charge in [-0.3, -0.25) is 0 Å². The highest BCUT2D eigenvalue weighted by Crippen LogP contribution is 2.43. The summed E-state index contributed by atoms with van der Waals surface area (Å²) in [5.74, 6) is 1.64. The highest BCUT2D eigenvalue weighted by Gasteiger charge is 2.32. The molecule has 0 bridgehead atoms. The molecule has 0 aromatic heterocycles. The van der Waals surface area contributed by atoms with Crippen LogP contribution in [0.4, 0.5) is 0 Å². The van der Waals surface area contributed by atoms with Crippen molar-refractivity contribution in [1.82, 2.24) is 0 Å². The van der Waals surface area contributed by atoms with Crippen LogP contribution in [-0.4, -0.2) is 13.2 Å². The molecule has 0 amide bonds. The van der Waals surface area contributed by atoms with Crippen LogP contribution in [0.15, 0.2) is 16.6 Å². The molecule has 1 aromatic rings. The minimum Gasteiger partial charge on any atom is -0.493 e. The van der Waals surface area contributed by atoms with Gasteiger partial charge in [0.1, 0.15) is 0 Å². The number of rotatable bonds is 4. The lowest BCUT2D eigenvalue weighted by atomic mass is 9.77. The van der Waals surface area contributed by atoms with Crippen molar-refractivity contribution in [3.05, 3.63) is 22.2 Å². The van der Waals surface area contributed by atoms with Gasteiger partial charge < -0.3 is 15.2 Å². The summed E-state index contributed by atoms with van der Waals surface area (Å²) in [6, 6.07) is 4.13. The maximum Gasteiger partial charge on any atom is 0.162 e. The lowest BCUT2D eigenvalue weighted by molar-refractivity contribution is 0.200. The second kappa shape index (κ2) is 6.79. The van der Waals surface area contributed by atoms with Crippen molar-refractivity contribution in [1.29, 1.82) is 0 Å². The Morgan fingerprint density at radius 3 is 2.36 bits per heavy atom. The zero-order chi connectivity index (χ0) is 15.6. The normalized spacial score (nSPS) is 21.8. The predicted octanol–water partition coefficient (Wildman–Crippen LogP) is 4.90. The number of halogens is 1. The van der Waals surface area contributed by atoms with E-state index < -0.39 is 0 Å². The summed E-state index contributed by atoms with van der Waals surface area (Å²) in [5, 5.41) is 0. The van der Waals surface area contributed by atoms with Crippen molar-refractivity contribution >= 4 is 15.9 Å². The Morgan fingerprint density at radius 1 is 1.05 bits per heavy atom. The van der Waals surface area contributed by atoms with E-state index in [2.05, 4.69) is 28.1 Å². The Balaban J connectivity index is 1.89. The van der Waals surface area contributed by atoms with E-state index in [9.17, 15) is 0 Å². The van der Waals surface area contributed by atoms with Crippen LogP contribution in [-0.2, 0) is 5.54 Å². The lowest BCUT2D eigenvalue weighted by Crippen LogP contribution is -2.39. The van der Waals surface area contributed by atoms with Gasteiger partial charge in [-0.15, -0.1) is 0 Å². The average molecular weight is 368 g/mol. The number of ether oxygens (including phenoxy) is 2. The van der Waals surface area contributed by atoms with Crippen molar-refractivity contribution < 1.29 is 9.47 Å². The molecule has 2 aliphatic rings. The van der Waals surface area contributed by atoms with Crippen LogP contribution in [0.2, 0.25) is 0 Å². The highest BCUT2D eigenvalue weighted by atomic mass is 79.9. The van der Waals surface area contributed by atoms with Crippen LogP contribution in [0.1, 0.15) is 63.4 Å². The third kappa shape index (κ3) is 3.28. The first-order valence-corrected chi connectivity index (χ1v) is 9.25. The molecule has 0 radical (unpaired) electrons. The largest absolute Gasteiger partial charge is 0.493 e. The molecule has 2 N–H and O–H groups in total. The van der Waals surface area contributed by atoms with Crippen molar-refractivity contribution in [2.75, 3.05) is 7.11 Å². The summed E-state index contributed by atoms with van der Waals surface area (Å²) in [6.07, 6.45) is 10.9. The van der Waals surface area contributed by atoms with Crippen LogP contribution in [0.5, 0.6) is 11.5 Å². The molecule has 3 rings (SSSR count). The number of methoxy groups -OCH3 is 1. The fourth-order valence-corrected chi connectivity index (χ4v) is 4.52. The molecule has 0 saturated heterocycles. The minimum absolute atomic E-state index is 0.240. The summed E-state index contributed by atoms with van der Waals surface area (Å²) in [5.41, 5.74) is 7.61. The second-order valence-electron chi connectivity index (χ2n) is 6.72. The van der Waals surface area contributed by atoms with E-state index in [-0.39, 0.29) is 5.54 Å². The predicted molar refractivity (Wildman–Crippen MR) is 92.5 cm³/mol. The van der Waals surface area contributed by atoms with Gasteiger partial charge in [0.15, 0.2) is 11.5 Å². The van der Waals surface area contributed by atoms with Gasteiger partial charge in [-0.05, 0) is 56.2 Å². The quantitative estimate of drug-likeness (QED) is 0.822. The van der Waals surface area contributed by atoms with Crippen LogP contribution in [0.25, 0.3) is 0 Å². The van der Waals surface area contributed by atoms with Crippen molar-refractivity contribution in [3.63, 3.8) is 0 Å². The van der Waals surface area contributed by atoms with Gasteiger partial charge in [0.2, 0.25) is 0 Å². The Kier molecular flexibility index (Phi) is 4.98. The van der Waals surface area contributed by atoms with E-state index in [1.165, 1.54) is 32.1 Å². The molecule has 4 heteroatoms. The zero-order valence-corrected chi connectivity index (χ0v) is 15.0. The summed E-state index contributed by atoms with van der Waals surface area (Å²) in [7, 11) is 1.71. The standard InChI is InChI=1S/C18H26BrNO2/c1-21-16-11-14(18(20)9-5-2-6-10-18)15(19)12-17(16)22-13-7-3-4-8-13/h11-13H,2-10,20H2,1H3. The number of hydrogen-bond acceptors (Lipinski definition) is 3. The van der Waals surface area contributed by atoms with Gasteiger partial charge in [-0.25, -0.2) is 0 Å². The number of benzene rings is 1. The van der Waals surface area contributed by atoms with Gasteiger partial charge in [0.05, 0.1) is 13.2 Å². The summed E-state index contributed by atoms with van der Waals surface area (Å²) >= 11 is 3.72. The maximum atomic E-state index is 6.69. The van der Waals surface area contributed by atoms with Crippen LogP contribution in [0, 0.1) is 0 Å². The molecule has 22 heavy (non-hydrogen) atoms. The van der Waals surface area contributed by atoms with E-state index in [0.717, 1.165) is 47.2 Å². The molecule has 0 aliphatic heterocycles. The van der Waals surface area contributed by atoms with Crippen molar-refractivity contribution in [2.45, 2.75) is 69.4 Å². The smallest absolute Gasteiger partial charge is 0.162 e. The summed E-state index contributed by atoms with van der Waals surface area (Å²) < 4.78 is 12.8. The molecule has 0 heterocycles. The molecule has 0 atom stereocenters. The van der Waals surface area contributed by atoms with Gasteiger partial charge in [-0.2, -0.15) is 0 Å². The molecule has 2 saturated carbocycles. The molecule has 1 aromatic carbocycles. The van der Waals surface area contributed by atoms with E-state index >= 15 is 0 Å². The fraction of sp³-hybridized carbons (Fsp3) is 0.667. The molecule has 0 spiro atoms. The van der Waals surface area contributed by atoms with Gasteiger partial charge in [0, 0.05) is 10.0 Å². The van der Waals surface area contributed by atoms with Crippen LogP contribution < -0.4 is 15.2 Å². The molecule has 122 valence electrons. The van der Waals surface area contributed by atoms with Gasteiger partial charge in [-0.1, -0.05) is 35.2 Å². The SMILES string of the molecule is COc1cc(C2(N)CCCCC2)c(Br)cc1OC1CCCC1. The Bertz CT molecular complexity index is 520. The third-order valence-corrected chi connectivity index (χ3v) is 5.79. The minimum atomic E-state index is -0.240. The molecular weight excluding hydrogens is 342 g/mol. The first-order valence-electron chi connectivity index (χ1n) is 8.46. The lowest BCUT2D eigenvalue weighted by Gasteiger charge is -2.35. The fourth-order valence-electron chi connectivity index (χ4n) is 3.81. The molecule has 2 fully saturated rings. The van der Waals surface area contributed by atoms with Crippen molar-refractivity contribution in [3.8, 4) is 11.5 Å². The Hall–Kier alpha value is -0.740. The number of hydrogen-bond donors (Lipinski definition) is 1. The van der Waals surface area contributed by atoms with Gasteiger partial charge in [0.25, 0.3) is 0 Å². The topological polar surface area (TPSA) is 44.5 Å². The zero-order valence-electron chi connectivity index (χ0n) is 13.4. The van der Waals surface area contributed by atoms with Crippen LogP contribution >= 0.6 is 15.9 Å². The highest BCUT2D eigenvalue weighted by molar-refractivity contribution is 9.10. The number of nitrogens with two attached hydrogens (primary N) is 1. The molecule has 2 aliphatic carbocycles. The molecule has 0 unspecified atom stereocenters. The maximum absolute atomic E-state index is 6.69. The monoisotopic (exact) mass is 367 g/mol. The molecular formula is C18H26BrNO2. The first-order chi connectivity index (χ1) is 10.6. The third-order valence-electron chi connectivity index (χ3n) is 5.13. The molecule has 3 nitrogen and oxygen atoms in total. The summed E-state index contributed by atoms with van der Waals surface area (Å²) in [6.45, 7) is 0. The van der Waals surface area contributed by atoms with E-state index in [1.807, 2.05) is 0 Å². The second-order valence-corrected chi connectivity index (χ2v) is 7.58. The van der Waals surface area contributed by atoms with E-state index in [0.29, 0.717) is 6.10 Å². The van der Waals surface area contributed by atoms with Crippen molar-refractivity contribution in [2.24, 2.45) is 5.73 Å². The average Bonchev–Trinajstić information content (AvgIpc) is 3.01. The Morgan fingerprint density at radius 2 is 1.73 bits per heavy atom. The summed E-state index contributed by atoms with van der Waals surface area (Å²) in [4.78, 5) is 0. The van der Waals surface area contributed by atoms with Crippen LogP contribution in [0.3, 0.4) is 0 Å². The Labute approximate surface area is 141 Å². The van der Waals surface area contributed by atoms with E-state index in [4.69, 9.17) is 15.2 Å².